The molecule has 1 aromatic heterocycles. The van der Waals surface area contributed by atoms with Crippen LogP contribution in [0.25, 0.3) is 0 Å². The standard InChI is InChI=1S/C20H32N4O2/c1-16(2)24(15-18-11-6-7-13-21-18)19(25)12-8-14-22-20(26)23-17-9-4-3-5-10-17/h6-7,11,13,16-17H,3-5,8-10,12,14-15H2,1-2H3,(H2,22,23,26). The Kier molecular flexibility index (Phi) is 8.38. The first kappa shape index (κ1) is 20.2. The molecule has 2 N–H and O–H groups in total. The third-order valence-electron chi connectivity index (χ3n) is 4.80. The minimum absolute atomic E-state index is 0.0974. The van der Waals surface area contributed by atoms with Gasteiger partial charge >= 0.3 is 6.03 Å². The molecule has 144 valence electrons. The summed E-state index contributed by atoms with van der Waals surface area (Å²) in [6.07, 6.45) is 8.62. The van der Waals surface area contributed by atoms with Gasteiger partial charge in [0, 0.05) is 31.2 Å². The highest BCUT2D eigenvalue weighted by Gasteiger charge is 2.18. The normalized spacial score (nSPS) is 14.9. The van der Waals surface area contributed by atoms with E-state index in [1.165, 1.54) is 19.3 Å². The monoisotopic (exact) mass is 360 g/mol. The van der Waals surface area contributed by atoms with Crippen LogP contribution in [-0.4, -0.2) is 40.5 Å². The highest BCUT2D eigenvalue weighted by atomic mass is 16.2. The minimum atomic E-state index is -0.112. The van der Waals surface area contributed by atoms with Crippen LogP contribution in [0.5, 0.6) is 0 Å². The third kappa shape index (κ3) is 7.02. The van der Waals surface area contributed by atoms with Crippen molar-refractivity contribution >= 4 is 11.9 Å². The third-order valence-corrected chi connectivity index (χ3v) is 4.80. The van der Waals surface area contributed by atoms with Gasteiger partial charge in [0.1, 0.15) is 0 Å². The van der Waals surface area contributed by atoms with Crippen LogP contribution in [-0.2, 0) is 11.3 Å². The highest BCUT2D eigenvalue weighted by molar-refractivity contribution is 5.77. The second kappa shape index (κ2) is 10.8. The maximum absolute atomic E-state index is 12.5. The SMILES string of the molecule is CC(C)N(Cc1ccccn1)C(=O)CCCNC(=O)NC1CCCCC1. The zero-order valence-electron chi connectivity index (χ0n) is 16.0. The molecular formula is C20H32N4O2. The fourth-order valence-electron chi connectivity index (χ4n) is 3.29. The molecule has 0 aromatic carbocycles. The van der Waals surface area contributed by atoms with Crippen LogP contribution >= 0.6 is 0 Å². The van der Waals surface area contributed by atoms with Gasteiger partial charge in [0.05, 0.1) is 12.2 Å². The van der Waals surface area contributed by atoms with Crippen molar-refractivity contribution in [2.45, 2.75) is 77.4 Å². The summed E-state index contributed by atoms with van der Waals surface area (Å²) >= 11 is 0. The first-order chi connectivity index (χ1) is 12.6. The molecule has 2 rings (SSSR count). The lowest BCUT2D eigenvalue weighted by atomic mass is 9.96. The van der Waals surface area contributed by atoms with Gasteiger partial charge in [-0.15, -0.1) is 0 Å². The van der Waals surface area contributed by atoms with Crippen molar-refractivity contribution < 1.29 is 9.59 Å². The summed E-state index contributed by atoms with van der Waals surface area (Å²) in [5.41, 5.74) is 0.888. The van der Waals surface area contributed by atoms with Crippen molar-refractivity contribution in [3.05, 3.63) is 30.1 Å². The molecule has 3 amide bonds. The molecule has 0 bridgehead atoms. The van der Waals surface area contributed by atoms with E-state index in [0.717, 1.165) is 18.5 Å². The Morgan fingerprint density at radius 2 is 2.00 bits per heavy atom. The van der Waals surface area contributed by atoms with Gasteiger partial charge in [-0.1, -0.05) is 25.3 Å². The van der Waals surface area contributed by atoms with E-state index >= 15 is 0 Å². The Morgan fingerprint density at radius 3 is 2.65 bits per heavy atom. The molecule has 0 spiro atoms. The second-order valence-corrected chi connectivity index (χ2v) is 7.28. The Labute approximate surface area is 156 Å². The van der Waals surface area contributed by atoms with Gasteiger partial charge in [0.2, 0.25) is 5.91 Å². The van der Waals surface area contributed by atoms with Crippen LogP contribution in [0.15, 0.2) is 24.4 Å². The molecule has 0 radical (unpaired) electrons. The van der Waals surface area contributed by atoms with Crippen LogP contribution < -0.4 is 10.6 Å². The summed E-state index contributed by atoms with van der Waals surface area (Å²) in [5, 5.41) is 5.90. The van der Waals surface area contributed by atoms with E-state index in [-0.39, 0.29) is 18.0 Å². The molecule has 1 saturated carbocycles. The van der Waals surface area contributed by atoms with E-state index in [1.807, 2.05) is 36.9 Å². The number of pyridine rings is 1. The molecule has 1 heterocycles. The average molecular weight is 361 g/mol. The summed E-state index contributed by atoms with van der Waals surface area (Å²) in [6, 6.07) is 6.04. The molecular weight excluding hydrogens is 328 g/mol. The maximum atomic E-state index is 12.5. The number of aromatic nitrogens is 1. The molecule has 0 saturated heterocycles. The van der Waals surface area contributed by atoms with Crippen molar-refractivity contribution in [3.8, 4) is 0 Å². The molecule has 1 aromatic rings. The van der Waals surface area contributed by atoms with Crippen molar-refractivity contribution in [1.82, 2.24) is 20.5 Å². The number of nitrogens with zero attached hydrogens (tertiary/aromatic N) is 2. The maximum Gasteiger partial charge on any atom is 0.315 e. The predicted octanol–water partition coefficient (Wildman–Crippen LogP) is 3.23. The van der Waals surface area contributed by atoms with E-state index in [0.29, 0.717) is 32.0 Å². The largest absolute Gasteiger partial charge is 0.338 e. The zero-order chi connectivity index (χ0) is 18.8. The molecule has 6 nitrogen and oxygen atoms in total. The van der Waals surface area contributed by atoms with Crippen molar-refractivity contribution in [2.24, 2.45) is 0 Å². The van der Waals surface area contributed by atoms with Crippen LogP contribution in [0.1, 0.15) is 64.5 Å². The Hall–Kier alpha value is -2.11. The quantitative estimate of drug-likeness (QED) is 0.699. The average Bonchev–Trinajstić information content (AvgIpc) is 2.64. The van der Waals surface area contributed by atoms with Gasteiger partial charge in [-0.25, -0.2) is 4.79 Å². The lowest BCUT2D eigenvalue weighted by molar-refractivity contribution is -0.133. The Bertz CT molecular complexity index is 556. The number of hydrogen-bond acceptors (Lipinski definition) is 3. The smallest absolute Gasteiger partial charge is 0.315 e. The highest BCUT2D eigenvalue weighted by Crippen LogP contribution is 2.17. The lowest BCUT2D eigenvalue weighted by Gasteiger charge is -2.26. The van der Waals surface area contributed by atoms with Crippen LogP contribution in [0.3, 0.4) is 0 Å². The van der Waals surface area contributed by atoms with Gasteiger partial charge in [-0.2, -0.15) is 0 Å². The number of hydrogen-bond donors (Lipinski definition) is 2. The fraction of sp³-hybridized carbons (Fsp3) is 0.650. The molecule has 6 heteroatoms. The summed E-state index contributed by atoms with van der Waals surface area (Å²) in [7, 11) is 0. The van der Waals surface area contributed by atoms with E-state index in [2.05, 4.69) is 15.6 Å². The number of carbonyl (C=O) groups is 2. The Balaban J connectivity index is 1.68. The summed E-state index contributed by atoms with van der Waals surface area (Å²) in [6.45, 7) is 5.06. The summed E-state index contributed by atoms with van der Waals surface area (Å²) < 4.78 is 0. The molecule has 1 aliphatic rings. The topological polar surface area (TPSA) is 74.3 Å². The minimum Gasteiger partial charge on any atom is -0.338 e. The van der Waals surface area contributed by atoms with Crippen molar-refractivity contribution in [2.75, 3.05) is 6.54 Å². The van der Waals surface area contributed by atoms with Crippen LogP contribution in [0.2, 0.25) is 0 Å². The molecule has 0 atom stereocenters. The summed E-state index contributed by atoms with van der Waals surface area (Å²) in [4.78, 5) is 30.6. The Morgan fingerprint density at radius 1 is 1.23 bits per heavy atom. The van der Waals surface area contributed by atoms with E-state index < -0.39 is 0 Å². The zero-order valence-corrected chi connectivity index (χ0v) is 16.0. The van der Waals surface area contributed by atoms with E-state index in [4.69, 9.17) is 0 Å². The van der Waals surface area contributed by atoms with Crippen LogP contribution in [0, 0.1) is 0 Å². The summed E-state index contributed by atoms with van der Waals surface area (Å²) in [5.74, 6) is 0.0974. The molecule has 26 heavy (non-hydrogen) atoms. The number of rotatable bonds is 8. The van der Waals surface area contributed by atoms with Crippen LogP contribution in [0.4, 0.5) is 4.79 Å². The number of carbonyl (C=O) groups excluding carboxylic acids is 2. The number of amides is 3. The molecule has 1 fully saturated rings. The van der Waals surface area contributed by atoms with Gasteiger partial charge in [0.15, 0.2) is 0 Å². The van der Waals surface area contributed by atoms with Gasteiger partial charge < -0.3 is 15.5 Å². The number of urea groups is 1. The van der Waals surface area contributed by atoms with Gasteiger partial charge in [-0.3, -0.25) is 9.78 Å². The van der Waals surface area contributed by atoms with Gasteiger partial charge in [-0.05, 0) is 45.2 Å². The number of nitrogens with one attached hydrogen (secondary N) is 2. The molecule has 1 aliphatic carbocycles. The molecule has 0 unspecified atom stereocenters. The van der Waals surface area contributed by atoms with Crippen molar-refractivity contribution in [3.63, 3.8) is 0 Å². The second-order valence-electron chi connectivity index (χ2n) is 7.28. The predicted molar refractivity (Wildman–Crippen MR) is 103 cm³/mol. The first-order valence-corrected chi connectivity index (χ1v) is 9.80. The van der Waals surface area contributed by atoms with Crippen molar-refractivity contribution in [1.29, 1.82) is 0 Å². The van der Waals surface area contributed by atoms with Gasteiger partial charge in [0.25, 0.3) is 0 Å². The molecule has 0 aliphatic heterocycles. The van der Waals surface area contributed by atoms with E-state index in [9.17, 15) is 9.59 Å². The first-order valence-electron chi connectivity index (χ1n) is 9.80. The fourth-order valence-corrected chi connectivity index (χ4v) is 3.29. The lowest BCUT2D eigenvalue weighted by Crippen LogP contribution is -2.43. The van der Waals surface area contributed by atoms with E-state index in [1.54, 1.807) is 6.20 Å².